The fourth-order valence-corrected chi connectivity index (χ4v) is 3.55. The van der Waals surface area contributed by atoms with Gasteiger partial charge in [0.1, 0.15) is 18.2 Å². The van der Waals surface area contributed by atoms with E-state index in [0.717, 1.165) is 11.3 Å². The van der Waals surface area contributed by atoms with Crippen molar-refractivity contribution < 1.29 is 9.59 Å². The summed E-state index contributed by atoms with van der Waals surface area (Å²) in [6.45, 7) is 2.85. The third-order valence-electron chi connectivity index (χ3n) is 4.76. The van der Waals surface area contributed by atoms with Crippen LogP contribution in [0.3, 0.4) is 0 Å². The van der Waals surface area contributed by atoms with Gasteiger partial charge in [-0.2, -0.15) is 5.10 Å². The number of carbonyl (C=O) groups excluding carboxylic acids is 2. The Balaban J connectivity index is 1.44. The topological polar surface area (TPSA) is 97.9 Å². The first kappa shape index (κ1) is 19.1. The number of nitrogens with zero attached hydrogens (tertiary/aromatic N) is 6. The summed E-state index contributed by atoms with van der Waals surface area (Å²) in [5.74, 6) is 0.0427. The van der Waals surface area contributed by atoms with E-state index in [0.29, 0.717) is 30.4 Å². The molecule has 29 heavy (non-hydrogen) atoms. The van der Waals surface area contributed by atoms with Crippen LogP contribution in [0.4, 0.5) is 5.82 Å². The van der Waals surface area contributed by atoms with Gasteiger partial charge in [-0.1, -0.05) is 23.7 Å². The number of aromatic nitrogens is 5. The number of likely N-dealkylation sites (N-methyl/N-ethyl adjacent to an activating group) is 1. The molecule has 0 saturated carbocycles. The SMILES string of the molecule is Cc1cc2n(n1)CC[C@H](NC(=O)c1ncn(Cc3cccc(Cl)c3)n1)C(=O)N2C. The number of aryl methyl sites for hydroxylation is 2. The molecule has 0 bridgehead atoms. The standard InChI is InChI=1S/C19H20ClN7O2/c1-12-8-16-25(2)19(29)15(6-7-27(16)23-12)22-18(28)17-21-11-26(24-17)10-13-4-3-5-14(20)9-13/h3-5,8-9,11,15H,6-7,10H2,1-2H3,(H,22,28)/t15-/m0/s1. The van der Waals surface area contributed by atoms with Gasteiger partial charge in [0.2, 0.25) is 5.82 Å². The molecule has 0 unspecified atom stereocenters. The summed E-state index contributed by atoms with van der Waals surface area (Å²) >= 11 is 6.00. The van der Waals surface area contributed by atoms with Gasteiger partial charge >= 0.3 is 0 Å². The molecule has 1 N–H and O–H groups in total. The molecule has 9 nitrogen and oxygen atoms in total. The third-order valence-corrected chi connectivity index (χ3v) is 5.00. The Labute approximate surface area is 172 Å². The van der Waals surface area contributed by atoms with Gasteiger partial charge in [0.25, 0.3) is 11.8 Å². The monoisotopic (exact) mass is 413 g/mol. The first-order valence-corrected chi connectivity index (χ1v) is 9.55. The number of anilines is 1. The molecule has 1 aliphatic rings. The minimum absolute atomic E-state index is 0.0142. The predicted molar refractivity (Wildman–Crippen MR) is 107 cm³/mol. The lowest BCUT2D eigenvalue weighted by Gasteiger charge is -2.19. The molecule has 1 aromatic carbocycles. The average Bonchev–Trinajstić information content (AvgIpc) is 3.28. The molecule has 2 amide bonds. The number of carbonyl (C=O) groups is 2. The summed E-state index contributed by atoms with van der Waals surface area (Å²) in [7, 11) is 1.68. The van der Waals surface area contributed by atoms with Crippen LogP contribution in [0.25, 0.3) is 0 Å². The molecule has 2 aromatic heterocycles. The first-order valence-electron chi connectivity index (χ1n) is 9.17. The fourth-order valence-electron chi connectivity index (χ4n) is 3.34. The number of halogens is 1. The van der Waals surface area contributed by atoms with Crippen molar-refractivity contribution in [2.24, 2.45) is 0 Å². The minimum atomic E-state index is -0.672. The van der Waals surface area contributed by atoms with Crippen molar-refractivity contribution in [1.29, 1.82) is 0 Å². The van der Waals surface area contributed by atoms with Crippen LogP contribution in [0.2, 0.25) is 5.02 Å². The van der Waals surface area contributed by atoms with E-state index in [4.69, 9.17) is 11.6 Å². The van der Waals surface area contributed by atoms with Gasteiger partial charge in [-0.3, -0.25) is 14.5 Å². The van der Waals surface area contributed by atoms with Gasteiger partial charge in [0.05, 0.1) is 12.2 Å². The maximum atomic E-state index is 12.8. The molecule has 0 fully saturated rings. The fraction of sp³-hybridized carbons (Fsp3) is 0.316. The summed E-state index contributed by atoms with van der Waals surface area (Å²) < 4.78 is 3.33. The van der Waals surface area contributed by atoms with Gasteiger partial charge in [-0.05, 0) is 31.0 Å². The predicted octanol–water partition coefficient (Wildman–Crippen LogP) is 1.65. The minimum Gasteiger partial charge on any atom is -0.337 e. The zero-order valence-corrected chi connectivity index (χ0v) is 16.8. The molecular weight excluding hydrogens is 394 g/mol. The van der Waals surface area contributed by atoms with Crippen LogP contribution in [0.1, 0.15) is 28.3 Å². The van der Waals surface area contributed by atoms with Crippen LogP contribution in [-0.4, -0.2) is 49.4 Å². The highest BCUT2D eigenvalue weighted by Crippen LogP contribution is 2.21. The summed E-state index contributed by atoms with van der Waals surface area (Å²) in [6, 6.07) is 8.56. The number of hydrogen-bond acceptors (Lipinski definition) is 5. The van der Waals surface area contributed by atoms with Crippen molar-refractivity contribution in [3.05, 3.63) is 58.8 Å². The van der Waals surface area contributed by atoms with E-state index in [1.807, 2.05) is 31.2 Å². The van der Waals surface area contributed by atoms with E-state index in [2.05, 4.69) is 20.5 Å². The molecule has 0 spiro atoms. The number of rotatable bonds is 4. The third kappa shape index (κ3) is 4.00. The Morgan fingerprint density at radius 3 is 2.93 bits per heavy atom. The normalized spacial score (nSPS) is 16.4. The molecule has 3 heterocycles. The maximum absolute atomic E-state index is 12.8. The zero-order valence-electron chi connectivity index (χ0n) is 16.0. The zero-order chi connectivity index (χ0) is 20.5. The van der Waals surface area contributed by atoms with Gasteiger partial charge in [0, 0.05) is 24.7 Å². The van der Waals surface area contributed by atoms with Crippen LogP contribution in [-0.2, 0) is 17.9 Å². The van der Waals surface area contributed by atoms with Crippen molar-refractivity contribution in [3.63, 3.8) is 0 Å². The summed E-state index contributed by atoms with van der Waals surface area (Å²) in [5.41, 5.74) is 1.79. The van der Waals surface area contributed by atoms with E-state index in [1.54, 1.807) is 22.5 Å². The smallest absolute Gasteiger partial charge is 0.291 e. The quantitative estimate of drug-likeness (QED) is 0.701. The van der Waals surface area contributed by atoms with Crippen LogP contribution in [0.5, 0.6) is 0 Å². The summed E-state index contributed by atoms with van der Waals surface area (Å²) in [4.78, 5) is 31.0. The van der Waals surface area contributed by atoms with Crippen LogP contribution >= 0.6 is 11.6 Å². The van der Waals surface area contributed by atoms with E-state index in [-0.39, 0.29) is 11.7 Å². The highest BCUT2D eigenvalue weighted by atomic mass is 35.5. The van der Waals surface area contributed by atoms with Gasteiger partial charge in [-0.15, -0.1) is 5.10 Å². The lowest BCUT2D eigenvalue weighted by molar-refractivity contribution is -0.120. The van der Waals surface area contributed by atoms with Crippen LogP contribution < -0.4 is 10.2 Å². The van der Waals surface area contributed by atoms with E-state index in [1.165, 1.54) is 11.2 Å². The van der Waals surface area contributed by atoms with Crippen LogP contribution in [0, 0.1) is 6.92 Å². The van der Waals surface area contributed by atoms with Crippen molar-refractivity contribution in [2.45, 2.75) is 32.5 Å². The lowest BCUT2D eigenvalue weighted by Crippen LogP contribution is -2.47. The van der Waals surface area contributed by atoms with Crippen LogP contribution in [0.15, 0.2) is 36.7 Å². The van der Waals surface area contributed by atoms with Gasteiger partial charge < -0.3 is 5.32 Å². The number of fused-ring (bicyclic) bond motifs is 1. The Morgan fingerprint density at radius 2 is 2.14 bits per heavy atom. The number of benzene rings is 1. The molecule has 1 aliphatic heterocycles. The molecular formula is C19H20ClN7O2. The number of nitrogens with one attached hydrogen (secondary N) is 1. The molecule has 150 valence electrons. The first-order chi connectivity index (χ1) is 13.9. The largest absolute Gasteiger partial charge is 0.337 e. The molecule has 1 atom stereocenters. The summed E-state index contributed by atoms with van der Waals surface area (Å²) in [6.07, 6.45) is 1.92. The maximum Gasteiger partial charge on any atom is 0.291 e. The van der Waals surface area contributed by atoms with Crippen molar-refractivity contribution in [2.75, 3.05) is 11.9 Å². The second-order valence-corrected chi connectivity index (χ2v) is 7.41. The summed E-state index contributed by atoms with van der Waals surface area (Å²) in [5, 5.41) is 12.0. The van der Waals surface area contributed by atoms with Crippen molar-refractivity contribution in [1.82, 2.24) is 29.9 Å². The highest BCUT2D eigenvalue weighted by Gasteiger charge is 2.31. The molecule has 0 aliphatic carbocycles. The second-order valence-electron chi connectivity index (χ2n) is 6.97. The Morgan fingerprint density at radius 1 is 1.31 bits per heavy atom. The molecule has 4 rings (SSSR count). The van der Waals surface area contributed by atoms with E-state index >= 15 is 0 Å². The Hall–Kier alpha value is -3.20. The Bertz CT molecular complexity index is 1070. The Kier molecular flexibility index (Phi) is 5.06. The van der Waals surface area contributed by atoms with Crippen molar-refractivity contribution >= 4 is 29.2 Å². The molecule has 3 aromatic rings. The van der Waals surface area contributed by atoms with E-state index in [9.17, 15) is 9.59 Å². The average molecular weight is 414 g/mol. The van der Waals surface area contributed by atoms with Gasteiger partial charge in [-0.25, -0.2) is 14.3 Å². The molecule has 0 saturated heterocycles. The molecule has 10 heteroatoms. The second kappa shape index (κ2) is 7.67. The van der Waals surface area contributed by atoms with Crippen molar-refractivity contribution in [3.8, 4) is 0 Å². The van der Waals surface area contributed by atoms with E-state index < -0.39 is 11.9 Å². The molecule has 0 radical (unpaired) electrons. The highest BCUT2D eigenvalue weighted by molar-refractivity contribution is 6.30. The number of amides is 2. The lowest BCUT2D eigenvalue weighted by atomic mass is 10.2. The van der Waals surface area contributed by atoms with Gasteiger partial charge in [0.15, 0.2) is 0 Å². The number of hydrogen-bond donors (Lipinski definition) is 1.